The predicted molar refractivity (Wildman–Crippen MR) is 137 cm³/mol. The second-order valence-corrected chi connectivity index (χ2v) is 10.3. The Morgan fingerprint density at radius 3 is 2.97 bits per heavy atom. The maximum Gasteiger partial charge on any atom is 0.293 e. The molecule has 1 aliphatic heterocycles. The molecule has 1 saturated heterocycles. The van der Waals surface area contributed by atoms with Crippen LogP contribution in [0.15, 0.2) is 45.7 Å². The number of aromatic nitrogens is 1. The van der Waals surface area contributed by atoms with Gasteiger partial charge in [0.1, 0.15) is 5.69 Å². The number of thioether (sulfide) groups is 1. The smallest absolute Gasteiger partial charge is 0.293 e. The van der Waals surface area contributed by atoms with Crippen molar-refractivity contribution in [2.45, 2.75) is 23.3 Å². The first-order chi connectivity index (χ1) is 16.4. The number of nitrogens with one attached hydrogen (secondary N) is 1. The topological polar surface area (TPSA) is 110 Å². The van der Waals surface area contributed by atoms with Gasteiger partial charge in [-0.25, -0.2) is 4.98 Å². The zero-order valence-electron chi connectivity index (χ0n) is 18.9. The number of ether oxygens (including phenoxy) is 1. The molecule has 0 bridgehead atoms. The number of hydrogen-bond acceptors (Lipinski definition) is 9. The predicted octanol–water partition coefficient (Wildman–Crippen LogP) is 4.41. The summed E-state index contributed by atoms with van der Waals surface area (Å²) in [5.41, 5.74) is 2.79. The number of amides is 1. The largest absolute Gasteiger partial charge is 0.376 e. The molecular weight excluding hydrogens is 474 g/mol. The zero-order valence-corrected chi connectivity index (χ0v) is 20.5. The lowest BCUT2D eigenvalue weighted by molar-refractivity contribution is -0.384. The molecule has 1 aliphatic rings. The molecule has 1 fully saturated rings. The summed E-state index contributed by atoms with van der Waals surface area (Å²) in [5, 5.41) is 14.3. The molecule has 2 heterocycles. The van der Waals surface area contributed by atoms with Crippen LogP contribution < -0.4 is 10.2 Å². The molecule has 34 heavy (non-hydrogen) atoms. The van der Waals surface area contributed by atoms with Crippen LogP contribution in [0.5, 0.6) is 0 Å². The summed E-state index contributed by atoms with van der Waals surface area (Å²) in [6, 6.07) is 10.7. The highest BCUT2D eigenvalue weighted by atomic mass is 32.2. The third-order valence-electron chi connectivity index (χ3n) is 5.27. The lowest BCUT2D eigenvalue weighted by atomic mass is 10.1. The third-order valence-corrected chi connectivity index (χ3v) is 7.43. The van der Waals surface area contributed by atoms with Crippen molar-refractivity contribution in [2.75, 3.05) is 37.9 Å². The van der Waals surface area contributed by atoms with Gasteiger partial charge < -0.3 is 15.0 Å². The quantitative estimate of drug-likeness (QED) is 0.201. The highest BCUT2D eigenvalue weighted by molar-refractivity contribution is 8.01. The fourth-order valence-electron chi connectivity index (χ4n) is 3.54. The number of fused-ring (bicyclic) bond motifs is 1. The average molecular weight is 500 g/mol. The average Bonchev–Trinajstić information content (AvgIpc) is 3.49. The van der Waals surface area contributed by atoms with Crippen molar-refractivity contribution >= 4 is 62.5 Å². The first-order valence-corrected chi connectivity index (χ1v) is 12.6. The lowest BCUT2D eigenvalue weighted by Crippen LogP contribution is -2.32. The van der Waals surface area contributed by atoms with Crippen molar-refractivity contribution in [3.8, 4) is 0 Å². The second-order valence-electron chi connectivity index (χ2n) is 8.02. The van der Waals surface area contributed by atoms with Gasteiger partial charge in [-0.15, -0.1) is 11.3 Å². The highest BCUT2D eigenvalue weighted by Gasteiger charge is 2.17. The van der Waals surface area contributed by atoms with Crippen LogP contribution in [0.1, 0.15) is 18.4 Å². The molecule has 0 radical (unpaired) electrons. The van der Waals surface area contributed by atoms with Crippen molar-refractivity contribution < 1.29 is 14.5 Å². The van der Waals surface area contributed by atoms with E-state index in [1.54, 1.807) is 37.3 Å². The SMILES string of the molecule is CN(C)c1ccc(C=Nc2ccc3nc(SCC(=O)NCC4CCCO4)sc3c2)cc1[N+](=O)[O-]. The Labute approximate surface area is 205 Å². The van der Waals surface area contributed by atoms with Crippen LogP contribution >= 0.6 is 23.1 Å². The Hall–Kier alpha value is -3.02. The van der Waals surface area contributed by atoms with E-state index >= 15 is 0 Å². The lowest BCUT2D eigenvalue weighted by Gasteiger charge is -2.12. The molecular formula is C23H25N5O4S2. The zero-order chi connectivity index (χ0) is 24.1. The molecule has 1 aromatic heterocycles. The van der Waals surface area contributed by atoms with Gasteiger partial charge in [-0.2, -0.15) is 0 Å². The third kappa shape index (κ3) is 6.10. The van der Waals surface area contributed by atoms with E-state index in [0.717, 1.165) is 39.7 Å². The van der Waals surface area contributed by atoms with E-state index in [2.05, 4.69) is 15.3 Å². The van der Waals surface area contributed by atoms with Crippen molar-refractivity contribution in [3.63, 3.8) is 0 Å². The summed E-state index contributed by atoms with van der Waals surface area (Å²) >= 11 is 2.92. The molecule has 0 aliphatic carbocycles. The molecule has 178 valence electrons. The normalized spacial score (nSPS) is 15.8. The number of carbonyl (C=O) groups excluding carboxylic acids is 1. The van der Waals surface area contributed by atoms with Crippen LogP contribution in [0.4, 0.5) is 17.1 Å². The number of rotatable bonds is 9. The fourth-order valence-corrected chi connectivity index (χ4v) is 5.47. The number of benzene rings is 2. The minimum atomic E-state index is -0.391. The monoisotopic (exact) mass is 499 g/mol. The van der Waals surface area contributed by atoms with Gasteiger partial charge in [0.25, 0.3) is 5.69 Å². The Morgan fingerprint density at radius 2 is 2.24 bits per heavy atom. The first kappa shape index (κ1) is 24.1. The molecule has 1 amide bonds. The Morgan fingerprint density at radius 1 is 1.38 bits per heavy atom. The van der Waals surface area contributed by atoms with Gasteiger partial charge in [0.2, 0.25) is 5.91 Å². The maximum atomic E-state index is 12.1. The van der Waals surface area contributed by atoms with E-state index in [4.69, 9.17) is 4.74 Å². The van der Waals surface area contributed by atoms with Crippen LogP contribution in [0, 0.1) is 10.1 Å². The van der Waals surface area contributed by atoms with Crippen molar-refractivity contribution in [1.29, 1.82) is 0 Å². The molecule has 2 aromatic carbocycles. The first-order valence-electron chi connectivity index (χ1n) is 10.8. The van der Waals surface area contributed by atoms with E-state index < -0.39 is 4.92 Å². The van der Waals surface area contributed by atoms with Crippen LogP contribution in [0.25, 0.3) is 10.2 Å². The van der Waals surface area contributed by atoms with E-state index in [1.807, 2.05) is 18.2 Å². The Bertz CT molecular complexity index is 1220. The minimum Gasteiger partial charge on any atom is -0.376 e. The van der Waals surface area contributed by atoms with Gasteiger partial charge in [-0.05, 0) is 42.7 Å². The molecule has 1 unspecified atom stereocenters. The van der Waals surface area contributed by atoms with Gasteiger partial charge in [0.15, 0.2) is 4.34 Å². The molecule has 0 saturated carbocycles. The van der Waals surface area contributed by atoms with Crippen molar-refractivity contribution in [1.82, 2.24) is 10.3 Å². The number of thiazole rings is 1. The Kier molecular flexibility index (Phi) is 7.76. The van der Waals surface area contributed by atoms with E-state index in [9.17, 15) is 14.9 Å². The summed E-state index contributed by atoms with van der Waals surface area (Å²) in [7, 11) is 3.54. The molecule has 1 atom stereocenters. The number of nitrogens with zero attached hydrogens (tertiary/aromatic N) is 4. The highest BCUT2D eigenvalue weighted by Crippen LogP contribution is 2.32. The number of nitro groups is 1. The van der Waals surface area contributed by atoms with Crippen molar-refractivity contribution in [3.05, 3.63) is 52.1 Å². The van der Waals surface area contributed by atoms with Crippen LogP contribution in [-0.4, -0.2) is 61.1 Å². The standard InChI is InChI=1S/C23H25N5O4S2/c1-27(2)19-8-5-15(10-20(19)28(30)31)12-24-16-6-7-18-21(11-16)34-23(26-18)33-14-22(29)25-13-17-4-3-9-32-17/h5-8,10-12,17H,3-4,9,13-14H2,1-2H3,(H,25,29). The summed E-state index contributed by atoms with van der Waals surface area (Å²) in [5.74, 6) is 0.277. The molecule has 1 N–H and O–H groups in total. The summed E-state index contributed by atoms with van der Waals surface area (Å²) in [4.78, 5) is 33.9. The maximum absolute atomic E-state index is 12.1. The summed E-state index contributed by atoms with van der Waals surface area (Å²) < 4.78 is 7.30. The van der Waals surface area contributed by atoms with Gasteiger partial charge in [-0.1, -0.05) is 17.8 Å². The van der Waals surface area contributed by atoms with E-state index in [-0.39, 0.29) is 17.7 Å². The fraction of sp³-hybridized carbons (Fsp3) is 0.348. The van der Waals surface area contributed by atoms with Crippen LogP contribution in [0.2, 0.25) is 0 Å². The molecule has 9 nitrogen and oxygen atoms in total. The molecule has 4 rings (SSSR count). The van der Waals surface area contributed by atoms with Crippen LogP contribution in [-0.2, 0) is 9.53 Å². The van der Waals surface area contributed by atoms with Gasteiger partial charge >= 0.3 is 0 Å². The van der Waals surface area contributed by atoms with Crippen molar-refractivity contribution in [2.24, 2.45) is 4.99 Å². The van der Waals surface area contributed by atoms with Gasteiger partial charge in [0.05, 0.1) is 32.7 Å². The van der Waals surface area contributed by atoms with E-state index in [1.165, 1.54) is 29.2 Å². The number of carbonyl (C=O) groups is 1. The Balaban J connectivity index is 1.39. The van der Waals surface area contributed by atoms with Crippen LogP contribution in [0.3, 0.4) is 0 Å². The molecule has 3 aromatic rings. The number of nitro benzene ring substituents is 1. The molecule has 0 spiro atoms. The van der Waals surface area contributed by atoms with E-state index in [0.29, 0.717) is 23.5 Å². The number of hydrogen-bond donors (Lipinski definition) is 1. The number of anilines is 1. The van der Waals surface area contributed by atoms with Gasteiger partial charge in [-0.3, -0.25) is 19.9 Å². The summed E-state index contributed by atoms with van der Waals surface area (Å²) in [6.45, 7) is 1.33. The minimum absolute atomic E-state index is 0.0283. The molecule has 11 heteroatoms. The number of aliphatic imine (C=N–C) groups is 1. The van der Waals surface area contributed by atoms with Gasteiger partial charge in [0, 0.05) is 39.5 Å². The summed E-state index contributed by atoms with van der Waals surface area (Å²) in [6.07, 6.45) is 3.79. The second kappa shape index (κ2) is 10.9.